The highest BCUT2D eigenvalue weighted by Gasteiger charge is 2.17. The van der Waals surface area contributed by atoms with Gasteiger partial charge in [0, 0.05) is 12.6 Å². The van der Waals surface area contributed by atoms with Gasteiger partial charge in [-0.3, -0.25) is 0 Å². The van der Waals surface area contributed by atoms with Crippen LogP contribution in [0.2, 0.25) is 0 Å². The monoisotopic (exact) mass is 269 g/mol. The summed E-state index contributed by atoms with van der Waals surface area (Å²) in [6.07, 6.45) is 0.631. The molecule has 0 fully saturated rings. The standard InChI is InChI=1S/C14H23NO4/c1-5-15-11(6-7-16)10-8-12(17-2)14(19-4)13(9-10)18-3/h8-9,11,15-16H,5-7H2,1-4H3. The molecule has 1 aromatic carbocycles. The van der Waals surface area contributed by atoms with E-state index in [1.165, 1.54) is 0 Å². The molecular weight excluding hydrogens is 246 g/mol. The van der Waals surface area contributed by atoms with Gasteiger partial charge in [0.05, 0.1) is 21.3 Å². The molecule has 1 aromatic rings. The fourth-order valence-electron chi connectivity index (χ4n) is 2.06. The Morgan fingerprint density at radius 1 is 1.11 bits per heavy atom. The molecule has 0 aromatic heterocycles. The van der Waals surface area contributed by atoms with Gasteiger partial charge in [-0.25, -0.2) is 0 Å². The molecule has 0 saturated heterocycles. The van der Waals surface area contributed by atoms with Gasteiger partial charge in [-0.1, -0.05) is 6.92 Å². The van der Waals surface area contributed by atoms with Crippen molar-refractivity contribution in [3.05, 3.63) is 17.7 Å². The third-order valence-electron chi connectivity index (χ3n) is 2.96. The minimum absolute atomic E-state index is 0.0590. The summed E-state index contributed by atoms with van der Waals surface area (Å²) in [6, 6.07) is 3.87. The summed E-state index contributed by atoms with van der Waals surface area (Å²) < 4.78 is 16.0. The molecule has 0 radical (unpaired) electrons. The van der Waals surface area contributed by atoms with Gasteiger partial charge < -0.3 is 24.6 Å². The van der Waals surface area contributed by atoms with Crippen molar-refractivity contribution in [3.8, 4) is 17.2 Å². The van der Waals surface area contributed by atoms with Crippen LogP contribution in [0.5, 0.6) is 17.2 Å². The predicted octanol–water partition coefficient (Wildman–Crippen LogP) is 1.75. The van der Waals surface area contributed by atoms with Crippen LogP contribution in [0.1, 0.15) is 24.9 Å². The zero-order valence-corrected chi connectivity index (χ0v) is 12.0. The quantitative estimate of drug-likeness (QED) is 0.753. The first kappa shape index (κ1) is 15.6. The number of ether oxygens (including phenoxy) is 3. The van der Waals surface area contributed by atoms with Crippen molar-refractivity contribution >= 4 is 0 Å². The summed E-state index contributed by atoms with van der Waals surface area (Å²) in [5.41, 5.74) is 1.01. The lowest BCUT2D eigenvalue weighted by atomic mass is 10.0. The van der Waals surface area contributed by atoms with Crippen molar-refractivity contribution in [1.82, 2.24) is 5.32 Å². The van der Waals surface area contributed by atoms with Crippen molar-refractivity contribution in [2.24, 2.45) is 0 Å². The molecule has 5 heteroatoms. The second-order valence-electron chi connectivity index (χ2n) is 4.08. The highest BCUT2D eigenvalue weighted by Crippen LogP contribution is 2.40. The maximum absolute atomic E-state index is 9.15. The molecule has 19 heavy (non-hydrogen) atoms. The largest absolute Gasteiger partial charge is 0.493 e. The Hall–Kier alpha value is -1.46. The van der Waals surface area contributed by atoms with Gasteiger partial charge in [-0.15, -0.1) is 0 Å². The van der Waals surface area contributed by atoms with E-state index >= 15 is 0 Å². The van der Waals surface area contributed by atoms with Gasteiger partial charge in [0.1, 0.15) is 0 Å². The molecule has 0 spiro atoms. The van der Waals surface area contributed by atoms with Crippen LogP contribution in [0.15, 0.2) is 12.1 Å². The van der Waals surface area contributed by atoms with Gasteiger partial charge in [0.15, 0.2) is 11.5 Å². The van der Waals surface area contributed by atoms with Crippen LogP contribution >= 0.6 is 0 Å². The third kappa shape index (κ3) is 3.75. The highest BCUT2D eigenvalue weighted by molar-refractivity contribution is 5.54. The Bertz CT molecular complexity index is 364. The van der Waals surface area contributed by atoms with Crippen molar-refractivity contribution in [3.63, 3.8) is 0 Å². The first-order valence-electron chi connectivity index (χ1n) is 6.35. The highest BCUT2D eigenvalue weighted by atomic mass is 16.5. The number of aliphatic hydroxyl groups is 1. The van der Waals surface area contributed by atoms with Gasteiger partial charge in [-0.05, 0) is 30.7 Å². The van der Waals surface area contributed by atoms with E-state index in [4.69, 9.17) is 19.3 Å². The lowest BCUT2D eigenvalue weighted by molar-refractivity contribution is 0.265. The summed E-state index contributed by atoms with van der Waals surface area (Å²) in [5, 5.41) is 12.5. The number of hydrogen-bond donors (Lipinski definition) is 2. The second kappa shape index (κ2) is 7.86. The fourth-order valence-corrected chi connectivity index (χ4v) is 2.06. The Kier molecular flexibility index (Phi) is 6.45. The van der Waals surface area contributed by atoms with E-state index in [1.54, 1.807) is 21.3 Å². The fraction of sp³-hybridized carbons (Fsp3) is 0.571. The molecule has 0 aliphatic heterocycles. The number of methoxy groups -OCH3 is 3. The summed E-state index contributed by atoms with van der Waals surface area (Å²) in [7, 11) is 4.76. The van der Waals surface area contributed by atoms with Crippen LogP contribution in [-0.4, -0.2) is 39.6 Å². The van der Waals surface area contributed by atoms with E-state index in [0.717, 1.165) is 12.1 Å². The van der Waals surface area contributed by atoms with Crippen molar-refractivity contribution < 1.29 is 19.3 Å². The summed E-state index contributed by atoms with van der Waals surface area (Å²) in [4.78, 5) is 0. The number of benzene rings is 1. The normalized spacial score (nSPS) is 12.1. The van der Waals surface area contributed by atoms with E-state index in [-0.39, 0.29) is 12.6 Å². The van der Waals surface area contributed by atoms with Crippen LogP contribution in [0.25, 0.3) is 0 Å². The molecule has 0 saturated carbocycles. The minimum atomic E-state index is 0.0590. The molecule has 2 N–H and O–H groups in total. The zero-order chi connectivity index (χ0) is 14.3. The number of hydrogen-bond acceptors (Lipinski definition) is 5. The molecule has 0 aliphatic carbocycles. The Morgan fingerprint density at radius 2 is 1.68 bits per heavy atom. The van der Waals surface area contributed by atoms with Gasteiger partial charge >= 0.3 is 0 Å². The number of aliphatic hydroxyl groups excluding tert-OH is 1. The first-order chi connectivity index (χ1) is 9.21. The van der Waals surface area contributed by atoms with Crippen LogP contribution in [0.3, 0.4) is 0 Å². The average molecular weight is 269 g/mol. The molecule has 0 amide bonds. The molecule has 1 unspecified atom stereocenters. The lowest BCUT2D eigenvalue weighted by Gasteiger charge is -2.20. The number of rotatable bonds is 8. The SMILES string of the molecule is CCNC(CCO)c1cc(OC)c(OC)c(OC)c1. The number of nitrogens with one attached hydrogen (secondary N) is 1. The molecule has 5 nitrogen and oxygen atoms in total. The molecule has 0 aliphatic rings. The van der Waals surface area contributed by atoms with Crippen molar-refractivity contribution in [1.29, 1.82) is 0 Å². The Balaban J connectivity index is 3.19. The van der Waals surface area contributed by atoms with Gasteiger partial charge in [0.25, 0.3) is 0 Å². The van der Waals surface area contributed by atoms with E-state index in [1.807, 2.05) is 19.1 Å². The predicted molar refractivity (Wildman–Crippen MR) is 74.2 cm³/mol. The van der Waals surface area contributed by atoms with E-state index < -0.39 is 0 Å². The molecular formula is C14H23NO4. The maximum Gasteiger partial charge on any atom is 0.203 e. The van der Waals surface area contributed by atoms with E-state index in [2.05, 4.69) is 5.32 Å². The molecule has 1 rings (SSSR count). The van der Waals surface area contributed by atoms with Crippen molar-refractivity contribution in [2.45, 2.75) is 19.4 Å². The topological polar surface area (TPSA) is 60.0 Å². The smallest absolute Gasteiger partial charge is 0.203 e. The van der Waals surface area contributed by atoms with Gasteiger partial charge in [-0.2, -0.15) is 0 Å². The van der Waals surface area contributed by atoms with Gasteiger partial charge in [0.2, 0.25) is 5.75 Å². The minimum Gasteiger partial charge on any atom is -0.493 e. The maximum atomic E-state index is 9.15. The van der Waals surface area contributed by atoms with Crippen LogP contribution in [0.4, 0.5) is 0 Å². The molecule has 1 atom stereocenters. The lowest BCUT2D eigenvalue weighted by Crippen LogP contribution is -2.22. The molecule has 0 bridgehead atoms. The zero-order valence-electron chi connectivity index (χ0n) is 12.0. The Labute approximate surface area is 114 Å². The Morgan fingerprint density at radius 3 is 2.05 bits per heavy atom. The van der Waals surface area contributed by atoms with E-state index in [9.17, 15) is 0 Å². The summed E-state index contributed by atoms with van der Waals surface area (Å²) in [5.74, 6) is 1.82. The second-order valence-corrected chi connectivity index (χ2v) is 4.08. The average Bonchev–Trinajstić information content (AvgIpc) is 2.45. The summed E-state index contributed by atoms with van der Waals surface area (Å²) >= 11 is 0. The van der Waals surface area contributed by atoms with Crippen LogP contribution < -0.4 is 19.5 Å². The molecule has 0 heterocycles. The third-order valence-corrected chi connectivity index (χ3v) is 2.96. The van der Waals surface area contributed by atoms with Crippen LogP contribution in [0, 0.1) is 0 Å². The summed E-state index contributed by atoms with van der Waals surface area (Å²) in [6.45, 7) is 2.97. The van der Waals surface area contributed by atoms with E-state index in [0.29, 0.717) is 23.7 Å². The van der Waals surface area contributed by atoms with Crippen LogP contribution in [-0.2, 0) is 0 Å². The first-order valence-corrected chi connectivity index (χ1v) is 6.35. The molecule has 108 valence electrons. The van der Waals surface area contributed by atoms with Crippen molar-refractivity contribution in [2.75, 3.05) is 34.5 Å².